The van der Waals surface area contributed by atoms with Crippen LogP contribution in [0.2, 0.25) is 0 Å². The number of piperidine rings is 1. The Morgan fingerprint density at radius 2 is 1.83 bits per heavy atom. The molecule has 1 atom stereocenters. The minimum absolute atomic E-state index is 0.100. The largest absolute Gasteiger partial charge is 0.476 e. The molecular formula is C21H23N3O5. The van der Waals surface area contributed by atoms with Crippen molar-refractivity contribution in [2.24, 2.45) is 0 Å². The molecule has 8 heteroatoms. The van der Waals surface area contributed by atoms with Crippen LogP contribution in [0.1, 0.15) is 29.8 Å². The number of likely N-dealkylation sites (tertiary alicyclic amines) is 1. The van der Waals surface area contributed by atoms with Crippen LogP contribution in [0.15, 0.2) is 47.1 Å². The molecular weight excluding hydrogens is 374 g/mol. The number of benzene rings is 1. The monoisotopic (exact) mass is 397 g/mol. The highest BCUT2D eigenvalue weighted by Crippen LogP contribution is 2.33. The molecule has 3 heterocycles. The molecule has 2 aliphatic heterocycles. The zero-order chi connectivity index (χ0) is 20.2. The molecule has 1 aromatic carbocycles. The third kappa shape index (κ3) is 4.11. The molecule has 1 aromatic heterocycles. The summed E-state index contributed by atoms with van der Waals surface area (Å²) in [5, 5.41) is 2.56. The van der Waals surface area contributed by atoms with Crippen molar-refractivity contribution in [2.45, 2.75) is 25.4 Å². The topological polar surface area (TPSA) is 92.1 Å². The molecule has 0 unspecified atom stereocenters. The first kappa shape index (κ1) is 19.0. The van der Waals surface area contributed by atoms with E-state index in [2.05, 4.69) is 5.32 Å². The summed E-state index contributed by atoms with van der Waals surface area (Å²) in [5.74, 6) is -0.266. The third-order valence-corrected chi connectivity index (χ3v) is 5.16. The first-order valence-corrected chi connectivity index (χ1v) is 9.80. The number of carbonyl (C=O) groups excluding carboxylic acids is 3. The Hall–Kier alpha value is -3.29. The van der Waals surface area contributed by atoms with Gasteiger partial charge in [-0.3, -0.25) is 14.4 Å². The Morgan fingerprint density at radius 3 is 2.59 bits per heavy atom. The molecule has 1 N–H and O–H groups in total. The van der Waals surface area contributed by atoms with Crippen molar-refractivity contribution < 1.29 is 23.5 Å². The van der Waals surface area contributed by atoms with E-state index in [0.29, 0.717) is 24.5 Å². The van der Waals surface area contributed by atoms with E-state index in [0.717, 1.165) is 19.3 Å². The summed E-state index contributed by atoms with van der Waals surface area (Å²) in [6.07, 6.45) is 3.73. The van der Waals surface area contributed by atoms with Crippen molar-refractivity contribution in [3.63, 3.8) is 0 Å². The molecule has 0 saturated carbocycles. The number of furan rings is 1. The fraction of sp³-hybridized carbons (Fsp3) is 0.381. The highest BCUT2D eigenvalue weighted by molar-refractivity contribution is 6.01. The molecule has 0 aliphatic carbocycles. The van der Waals surface area contributed by atoms with Crippen LogP contribution in [0.25, 0.3) is 0 Å². The molecule has 4 rings (SSSR count). The molecule has 3 amide bonds. The van der Waals surface area contributed by atoms with Crippen molar-refractivity contribution in [2.75, 3.05) is 31.1 Å². The van der Waals surface area contributed by atoms with Crippen molar-refractivity contribution in [3.05, 3.63) is 48.4 Å². The quantitative estimate of drug-likeness (QED) is 0.850. The minimum Gasteiger partial charge on any atom is -0.476 e. The Labute approximate surface area is 168 Å². The van der Waals surface area contributed by atoms with Crippen molar-refractivity contribution >= 4 is 23.4 Å². The lowest BCUT2D eigenvalue weighted by Gasteiger charge is -2.37. The van der Waals surface area contributed by atoms with Gasteiger partial charge < -0.3 is 24.3 Å². The molecule has 2 aromatic rings. The van der Waals surface area contributed by atoms with E-state index in [9.17, 15) is 14.4 Å². The second-order valence-electron chi connectivity index (χ2n) is 7.12. The van der Waals surface area contributed by atoms with E-state index in [1.54, 1.807) is 30.3 Å². The van der Waals surface area contributed by atoms with Gasteiger partial charge in [-0.25, -0.2) is 0 Å². The van der Waals surface area contributed by atoms with Crippen LogP contribution in [-0.4, -0.2) is 54.9 Å². The predicted molar refractivity (Wildman–Crippen MR) is 105 cm³/mol. The number of amides is 3. The van der Waals surface area contributed by atoms with Crippen LogP contribution in [0.4, 0.5) is 5.69 Å². The number of nitrogens with one attached hydrogen (secondary N) is 1. The molecule has 29 heavy (non-hydrogen) atoms. The molecule has 152 valence electrons. The minimum atomic E-state index is -0.757. The summed E-state index contributed by atoms with van der Waals surface area (Å²) in [6.45, 7) is 1.33. The smallest absolute Gasteiger partial charge is 0.287 e. The van der Waals surface area contributed by atoms with Crippen molar-refractivity contribution in [1.82, 2.24) is 10.2 Å². The second-order valence-corrected chi connectivity index (χ2v) is 7.12. The van der Waals surface area contributed by atoms with E-state index < -0.39 is 12.0 Å². The average molecular weight is 397 g/mol. The van der Waals surface area contributed by atoms with E-state index in [4.69, 9.17) is 9.15 Å². The van der Waals surface area contributed by atoms with E-state index >= 15 is 0 Å². The number of ether oxygens (including phenoxy) is 1. The van der Waals surface area contributed by atoms with Crippen molar-refractivity contribution in [3.8, 4) is 5.75 Å². The Morgan fingerprint density at radius 1 is 1.03 bits per heavy atom. The molecule has 1 fully saturated rings. The molecule has 0 bridgehead atoms. The maximum absolute atomic E-state index is 12.9. The highest BCUT2D eigenvalue weighted by Gasteiger charge is 2.36. The average Bonchev–Trinajstić information content (AvgIpc) is 3.31. The zero-order valence-electron chi connectivity index (χ0n) is 16.0. The van der Waals surface area contributed by atoms with E-state index in [-0.39, 0.29) is 30.7 Å². The van der Waals surface area contributed by atoms with Crippen LogP contribution >= 0.6 is 0 Å². The highest BCUT2D eigenvalue weighted by atomic mass is 16.5. The molecule has 0 spiro atoms. The van der Waals surface area contributed by atoms with Gasteiger partial charge in [-0.05, 0) is 43.5 Å². The van der Waals surface area contributed by atoms with Gasteiger partial charge in [0.1, 0.15) is 5.75 Å². The number of nitrogens with zero attached hydrogens (tertiary/aromatic N) is 2. The summed E-state index contributed by atoms with van der Waals surface area (Å²) >= 11 is 0. The van der Waals surface area contributed by atoms with E-state index in [1.165, 1.54) is 17.2 Å². The maximum atomic E-state index is 12.9. The molecule has 2 aliphatic rings. The van der Waals surface area contributed by atoms with Gasteiger partial charge in [-0.2, -0.15) is 0 Å². The van der Waals surface area contributed by atoms with Crippen LogP contribution < -0.4 is 15.0 Å². The summed E-state index contributed by atoms with van der Waals surface area (Å²) in [6, 6.07) is 10.2. The van der Waals surface area contributed by atoms with Crippen LogP contribution in [0.5, 0.6) is 5.75 Å². The fourth-order valence-electron chi connectivity index (χ4n) is 3.66. The van der Waals surface area contributed by atoms with Crippen LogP contribution in [0, 0.1) is 0 Å². The lowest BCUT2D eigenvalue weighted by atomic mass is 10.1. The molecule has 8 nitrogen and oxygen atoms in total. The van der Waals surface area contributed by atoms with Gasteiger partial charge in [0.05, 0.1) is 25.0 Å². The summed E-state index contributed by atoms with van der Waals surface area (Å²) in [4.78, 5) is 41.2. The number of hydrogen-bond donors (Lipinski definition) is 1. The van der Waals surface area contributed by atoms with Crippen LogP contribution in [0.3, 0.4) is 0 Å². The number of para-hydroxylation sites is 2. The molecule has 0 radical (unpaired) electrons. The summed E-state index contributed by atoms with van der Waals surface area (Å²) < 4.78 is 11.0. The Balaban J connectivity index is 1.47. The lowest BCUT2D eigenvalue weighted by Crippen LogP contribution is -2.54. The van der Waals surface area contributed by atoms with Gasteiger partial charge in [-0.1, -0.05) is 12.1 Å². The predicted octanol–water partition coefficient (Wildman–Crippen LogP) is 1.82. The van der Waals surface area contributed by atoms with E-state index in [1.807, 2.05) is 4.90 Å². The third-order valence-electron chi connectivity index (χ3n) is 5.16. The van der Waals surface area contributed by atoms with Crippen LogP contribution in [-0.2, 0) is 9.59 Å². The van der Waals surface area contributed by atoms with Gasteiger partial charge >= 0.3 is 0 Å². The number of fused-ring (bicyclic) bond motifs is 1. The SMILES string of the molecule is O=C(NCC(=O)N1C[C@H](C(=O)N2CCCCC2)Oc2ccccc21)c1ccco1. The maximum Gasteiger partial charge on any atom is 0.287 e. The van der Waals surface area contributed by atoms with Gasteiger partial charge in [0.25, 0.3) is 11.8 Å². The van der Waals surface area contributed by atoms with Gasteiger partial charge in [0, 0.05) is 13.1 Å². The number of hydrogen-bond acceptors (Lipinski definition) is 5. The normalized spacial score (nSPS) is 18.6. The Bertz CT molecular complexity index is 889. The number of anilines is 1. The number of rotatable bonds is 4. The molecule has 1 saturated heterocycles. The lowest BCUT2D eigenvalue weighted by molar-refractivity contribution is -0.139. The summed E-state index contributed by atoms with van der Waals surface area (Å²) in [7, 11) is 0. The van der Waals surface area contributed by atoms with Gasteiger partial charge in [0.15, 0.2) is 11.9 Å². The second kappa shape index (κ2) is 8.38. The van der Waals surface area contributed by atoms with Gasteiger partial charge in [0.2, 0.25) is 5.91 Å². The summed E-state index contributed by atoms with van der Waals surface area (Å²) in [5.41, 5.74) is 0.590. The standard InChI is InChI=1S/C21H23N3O5/c25-19(13-22-20(26)17-9-6-12-28-17)24-14-18(21(27)23-10-4-1-5-11-23)29-16-8-3-2-7-15(16)24/h2-3,6-9,12,18H,1,4-5,10-11,13-14H2,(H,22,26)/t18-/m1/s1. The first-order valence-electron chi connectivity index (χ1n) is 9.80. The Kier molecular flexibility index (Phi) is 5.50. The van der Waals surface area contributed by atoms with Crippen molar-refractivity contribution in [1.29, 1.82) is 0 Å². The van der Waals surface area contributed by atoms with Gasteiger partial charge in [-0.15, -0.1) is 0 Å². The first-order chi connectivity index (χ1) is 14.1. The number of carbonyl (C=O) groups is 3. The zero-order valence-corrected chi connectivity index (χ0v) is 16.0. The fourth-order valence-corrected chi connectivity index (χ4v) is 3.66.